The molecule has 0 radical (unpaired) electrons. The SMILES string of the molecule is O=C(N[C@H]1CCOC1=O)N[C@@](Cc1ccccc1)(c1cccc(OC(F)(F)C(F)F)c1)c1ccc(CI)cn1. The molecule has 2 atom stereocenters. The molecule has 1 saturated heterocycles. The number of pyridine rings is 1. The summed E-state index contributed by atoms with van der Waals surface area (Å²) >= 11 is 2.17. The molecule has 1 aromatic heterocycles. The van der Waals surface area contributed by atoms with E-state index < -0.39 is 41.9 Å². The van der Waals surface area contributed by atoms with Gasteiger partial charge in [0.2, 0.25) is 0 Å². The van der Waals surface area contributed by atoms with Gasteiger partial charge in [0, 0.05) is 23.5 Å². The average molecular weight is 657 g/mol. The molecule has 3 aromatic rings. The number of ether oxygens (including phenoxy) is 2. The van der Waals surface area contributed by atoms with Crippen LogP contribution in [0.2, 0.25) is 0 Å². The highest BCUT2D eigenvalue weighted by Gasteiger charge is 2.45. The number of nitrogens with one attached hydrogen (secondary N) is 2. The fourth-order valence-electron chi connectivity index (χ4n) is 4.22. The van der Waals surface area contributed by atoms with Crippen LogP contribution in [0.5, 0.6) is 5.75 Å². The van der Waals surface area contributed by atoms with Gasteiger partial charge in [-0.1, -0.05) is 71.1 Å². The highest BCUT2D eigenvalue weighted by Crippen LogP contribution is 2.36. The van der Waals surface area contributed by atoms with E-state index in [1.54, 1.807) is 30.5 Å². The van der Waals surface area contributed by atoms with E-state index >= 15 is 0 Å². The molecule has 1 aliphatic heterocycles. The highest BCUT2D eigenvalue weighted by molar-refractivity contribution is 14.1. The molecule has 0 bridgehead atoms. The largest absolute Gasteiger partial charge is 0.464 e. The molecule has 1 aliphatic rings. The number of carbonyl (C=O) groups is 2. The Kier molecular flexibility index (Phi) is 8.93. The Hall–Kier alpha value is -3.42. The zero-order chi connectivity index (χ0) is 28.0. The van der Waals surface area contributed by atoms with Crippen LogP contribution in [0, 0.1) is 0 Å². The van der Waals surface area contributed by atoms with Crippen molar-refractivity contribution in [1.29, 1.82) is 0 Å². The minimum Gasteiger partial charge on any atom is -0.464 e. The number of carbonyl (C=O) groups excluding carboxylic acids is 2. The fraction of sp³-hybridized carbons (Fsp3) is 0.296. The second-order valence-electron chi connectivity index (χ2n) is 8.85. The maximum atomic E-state index is 13.8. The van der Waals surface area contributed by atoms with Crippen molar-refractivity contribution in [3.05, 3.63) is 95.3 Å². The standard InChI is InChI=1S/C27H24F4IN3O4/c28-24(29)27(30,31)39-20-8-4-7-19(13-20)26(14-17-5-2-1-3-6-17,22-10-9-18(15-32)16-33-22)35-25(37)34-21-11-12-38-23(21)36/h1-10,13,16,21,24H,11-12,14-15H2,(H2,34,35,37)/t21-,26-/m0/s1. The van der Waals surface area contributed by atoms with Crippen LogP contribution in [0.1, 0.15) is 28.8 Å². The Morgan fingerprint density at radius 3 is 2.49 bits per heavy atom. The van der Waals surface area contributed by atoms with Crippen LogP contribution in [-0.4, -0.2) is 42.2 Å². The van der Waals surface area contributed by atoms with Crippen LogP contribution in [0.25, 0.3) is 0 Å². The fourth-order valence-corrected chi connectivity index (χ4v) is 4.67. The number of cyclic esters (lactones) is 1. The molecule has 2 amide bonds. The zero-order valence-corrected chi connectivity index (χ0v) is 22.5. The van der Waals surface area contributed by atoms with E-state index in [0.717, 1.165) is 23.3 Å². The van der Waals surface area contributed by atoms with Crippen molar-refractivity contribution in [2.75, 3.05) is 6.61 Å². The molecule has 2 heterocycles. The maximum absolute atomic E-state index is 13.8. The van der Waals surface area contributed by atoms with E-state index in [0.29, 0.717) is 10.1 Å². The third-order valence-corrected chi connectivity index (χ3v) is 7.01. The molecule has 2 N–H and O–H groups in total. The van der Waals surface area contributed by atoms with Gasteiger partial charge in [-0.2, -0.15) is 17.6 Å². The first-order valence-corrected chi connectivity index (χ1v) is 13.4. The first-order chi connectivity index (χ1) is 18.6. The molecule has 4 rings (SSSR count). The summed E-state index contributed by atoms with van der Waals surface area (Å²) in [5.74, 6) is -1.10. The Balaban J connectivity index is 1.83. The monoisotopic (exact) mass is 657 g/mol. The Morgan fingerprint density at radius 1 is 1.10 bits per heavy atom. The summed E-state index contributed by atoms with van der Waals surface area (Å²) in [5, 5.41) is 5.49. The molecule has 0 aliphatic carbocycles. The number of benzene rings is 2. The van der Waals surface area contributed by atoms with Gasteiger partial charge < -0.3 is 20.1 Å². The predicted octanol–water partition coefficient (Wildman–Crippen LogP) is 5.35. The van der Waals surface area contributed by atoms with E-state index in [-0.39, 0.29) is 25.0 Å². The second-order valence-corrected chi connectivity index (χ2v) is 9.62. The van der Waals surface area contributed by atoms with Crippen LogP contribution in [-0.2, 0) is 25.9 Å². The number of urea groups is 1. The number of halogens is 5. The summed E-state index contributed by atoms with van der Waals surface area (Å²) < 4.78 is 63.2. The number of rotatable bonds is 10. The van der Waals surface area contributed by atoms with Gasteiger partial charge in [0.15, 0.2) is 0 Å². The van der Waals surface area contributed by atoms with Gasteiger partial charge in [-0.25, -0.2) is 9.59 Å². The topological polar surface area (TPSA) is 89.5 Å². The third-order valence-electron chi connectivity index (χ3n) is 6.13. The Bertz CT molecular complexity index is 1300. The number of hydrogen-bond donors (Lipinski definition) is 2. The number of esters is 1. The van der Waals surface area contributed by atoms with Crippen molar-refractivity contribution >= 4 is 34.6 Å². The zero-order valence-electron chi connectivity index (χ0n) is 20.4. The van der Waals surface area contributed by atoms with Gasteiger partial charge in [-0.15, -0.1) is 0 Å². The van der Waals surface area contributed by atoms with E-state index in [1.165, 1.54) is 6.07 Å². The van der Waals surface area contributed by atoms with Gasteiger partial charge in [-0.3, -0.25) is 4.98 Å². The molecule has 0 saturated carbocycles. The first-order valence-electron chi connectivity index (χ1n) is 11.9. The lowest BCUT2D eigenvalue weighted by Crippen LogP contribution is -2.55. The first kappa shape index (κ1) is 28.6. The maximum Gasteiger partial charge on any atom is 0.461 e. The van der Waals surface area contributed by atoms with Crippen molar-refractivity contribution in [3.8, 4) is 5.75 Å². The van der Waals surface area contributed by atoms with Crippen LogP contribution in [0.3, 0.4) is 0 Å². The van der Waals surface area contributed by atoms with Crippen molar-refractivity contribution in [2.45, 2.75) is 41.4 Å². The predicted molar refractivity (Wildman–Crippen MR) is 142 cm³/mol. The van der Waals surface area contributed by atoms with Gasteiger partial charge in [0.1, 0.15) is 17.3 Å². The normalized spacial score (nSPS) is 16.9. The van der Waals surface area contributed by atoms with Crippen LogP contribution in [0.4, 0.5) is 22.4 Å². The summed E-state index contributed by atoms with van der Waals surface area (Å²) in [6.07, 6.45) is -6.77. The quantitative estimate of drug-likeness (QED) is 0.133. The molecular formula is C27H24F4IN3O4. The van der Waals surface area contributed by atoms with Gasteiger partial charge in [0.25, 0.3) is 0 Å². The highest BCUT2D eigenvalue weighted by atomic mass is 127. The minimum atomic E-state index is -4.73. The van der Waals surface area contributed by atoms with E-state index in [2.05, 4.69) is 42.9 Å². The van der Waals surface area contributed by atoms with Gasteiger partial charge >= 0.3 is 24.5 Å². The lowest BCUT2D eigenvalue weighted by atomic mass is 9.80. The summed E-state index contributed by atoms with van der Waals surface area (Å²) in [6, 6.07) is 16.1. The molecule has 2 aromatic carbocycles. The Morgan fingerprint density at radius 2 is 1.87 bits per heavy atom. The number of nitrogens with zero attached hydrogens (tertiary/aromatic N) is 1. The minimum absolute atomic E-state index is 0.0989. The van der Waals surface area contributed by atoms with Crippen molar-refractivity contribution in [3.63, 3.8) is 0 Å². The molecule has 39 heavy (non-hydrogen) atoms. The van der Waals surface area contributed by atoms with Crippen molar-refractivity contribution in [1.82, 2.24) is 15.6 Å². The van der Waals surface area contributed by atoms with Crippen molar-refractivity contribution in [2.24, 2.45) is 0 Å². The molecule has 12 heteroatoms. The molecule has 206 valence electrons. The number of amides is 2. The summed E-state index contributed by atoms with van der Waals surface area (Å²) in [6.45, 7) is 0.163. The second kappa shape index (κ2) is 12.2. The number of alkyl halides is 5. The molecule has 1 fully saturated rings. The lowest BCUT2D eigenvalue weighted by molar-refractivity contribution is -0.253. The molecular weight excluding hydrogens is 633 g/mol. The van der Waals surface area contributed by atoms with Gasteiger partial charge in [0.05, 0.1) is 12.3 Å². The Labute approximate surface area is 235 Å². The van der Waals surface area contributed by atoms with Crippen LogP contribution in [0.15, 0.2) is 72.9 Å². The van der Waals surface area contributed by atoms with E-state index in [1.807, 2.05) is 24.3 Å². The van der Waals surface area contributed by atoms with Gasteiger partial charge in [-0.05, 0) is 34.9 Å². The molecule has 0 unspecified atom stereocenters. The van der Waals surface area contributed by atoms with Crippen LogP contribution >= 0.6 is 22.6 Å². The number of aromatic nitrogens is 1. The molecule has 0 spiro atoms. The van der Waals surface area contributed by atoms with E-state index in [4.69, 9.17) is 4.74 Å². The summed E-state index contributed by atoms with van der Waals surface area (Å²) in [4.78, 5) is 29.9. The summed E-state index contributed by atoms with van der Waals surface area (Å²) in [5.41, 5.74) is 0.758. The van der Waals surface area contributed by atoms with Crippen molar-refractivity contribution < 1.29 is 36.6 Å². The molecule has 7 nitrogen and oxygen atoms in total. The number of hydrogen-bond acceptors (Lipinski definition) is 5. The lowest BCUT2D eigenvalue weighted by Gasteiger charge is -2.36. The average Bonchev–Trinajstić information content (AvgIpc) is 3.32. The summed E-state index contributed by atoms with van der Waals surface area (Å²) in [7, 11) is 0. The third kappa shape index (κ3) is 6.78. The van der Waals surface area contributed by atoms with Crippen LogP contribution < -0.4 is 15.4 Å². The smallest absolute Gasteiger partial charge is 0.461 e. The van der Waals surface area contributed by atoms with E-state index in [9.17, 15) is 27.2 Å².